The summed E-state index contributed by atoms with van der Waals surface area (Å²) in [4.78, 5) is 4.40. The predicted molar refractivity (Wildman–Crippen MR) is 85.5 cm³/mol. The Kier molecular flexibility index (Phi) is 4.22. The summed E-state index contributed by atoms with van der Waals surface area (Å²) < 4.78 is 3.42. The summed E-state index contributed by atoms with van der Waals surface area (Å²) >= 11 is 3.56. The molecule has 0 spiro atoms. The van der Waals surface area contributed by atoms with Gasteiger partial charge in [0, 0.05) is 22.3 Å². The van der Waals surface area contributed by atoms with Gasteiger partial charge in [-0.15, -0.1) is 0 Å². The summed E-state index contributed by atoms with van der Waals surface area (Å²) in [5.74, 6) is 0.618. The maximum absolute atomic E-state index is 4.40. The first-order valence-electron chi connectivity index (χ1n) is 7.31. The van der Waals surface area contributed by atoms with Gasteiger partial charge in [0.05, 0.1) is 12.0 Å². The number of hydrogen-bond donors (Lipinski definition) is 1. The molecule has 0 unspecified atom stereocenters. The van der Waals surface area contributed by atoms with Crippen molar-refractivity contribution in [2.75, 3.05) is 13.1 Å². The van der Waals surface area contributed by atoms with E-state index in [0.29, 0.717) is 5.92 Å². The quantitative estimate of drug-likeness (QED) is 0.928. The first kappa shape index (κ1) is 13.8. The number of piperidine rings is 1. The second kappa shape index (κ2) is 6.10. The number of aromatic nitrogens is 2. The van der Waals surface area contributed by atoms with Crippen molar-refractivity contribution in [1.29, 1.82) is 0 Å². The van der Waals surface area contributed by atoms with E-state index < -0.39 is 0 Å². The fourth-order valence-corrected chi connectivity index (χ4v) is 3.41. The van der Waals surface area contributed by atoms with Gasteiger partial charge in [0.15, 0.2) is 0 Å². The normalized spacial score (nSPS) is 16.5. The van der Waals surface area contributed by atoms with Gasteiger partial charge < -0.3 is 9.88 Å². The first-order valence-corrected chi connectivity index (χ1v) is 8.10. The number of imidazole rings is 1. The maximum Gasteiger partial charge on any atom is 0.0994 e. The van der Waals surface area contributed by atoms with Gasteiger partial charge >= 0.3 is 0 Å². The topological polar surface area (TPSA) is 29.9 Å². The molecule has 0 aliphatic carbocycles. The third-order valence-electron chi connectivity index (χ3n) is 4.11. The van der Waals surface area contributed by atoms with Crippen LogP contribution in [0.1, 0.15) is 36.9 Å². The lowest BCUT2D eigenvalue weighted by Crippen LogP contribution is -2.27. The van der Waals surface area contributed by atoms with Crippen LogP contribution >= 0.6 is 15.9 Å². The van der Waals surface area contributed by atoms with Crippen molar-refractivity contribution in [3.8, 4) is 5.69 Å². The Balaban J connectivity index is 2.00. The zero-order chi connectivity index (χ0) is 13.9. The number of nitrogens with one attached hydrogen (secondary N) is 1. The van der Waals surface area contributed by atoms with Gasteiger partial charge in [-0.1, -0.05) is 22.9 Å². The average molecular weight is 334 g/mol. The Morgan fingerprint density at radius 3 is 2.90 bits per heavy atom. The van der Waals surface area contributed by atoms with E-state index in [1.54, 1.807) is 0 Å². The second-order valence-corrected chi connectivity index (χ2v) is 6.26. The van der Waals surface area contributed by atoms with Crippen LogP contribution < -0.4 is 5.32 Å². The molecule has 1 aliphatic heterocycles. The van der Waals surface area contributed by atoms with Crippen LogP contribution in [0.3, 0.4) is 0 Å². The molecule has 0 amide bonds. The summed E-state index contributed by atoms with van der Waals surface area (Å²) in [5, 5.41) is 3.43. The minimum atomic E-state index is 0.618. The molecule has 0 saturated carbocycles. The van der Waals surface area contributed by atoms with Crippen LogP contribution in [0, 0.1) is 0 Å². The fraction of sp³-hybridized carbons (Fsp3) is 0.438. The van der Waals surface area contributed by atoms with Crippen LogP contribution in [0.4, 0.5) is 0 Å². The molecule has 0 bridgehead atoms. The van der Waals surface area contributed by atoms with Crippen LogP contribution in [-0.2, 0) is 6.42 Å². The molecule has 3 rings (SSSR count). The number of hydrogen-bond acceptors (Lipinski definition) is 2. The van der Waals surface area contributed by atoms with Crippen molar-refractivity contribution in [3.05, 3.63) is 46.5 Å². The van der Waals surface area contributed by atoms with Crippen molar-refractivity contribution in [2.45, 2.75) is 32.1 Å². The van der Waals surface area contributed by atoms with Gasteiger partial charge in [-0.3, -0.25) is 0 Å². The maximum atomic E-state index is 4.40. The molecule has 1 aromatic heterocycles. The van der Waals surface area contributed by atoms with E-state index in [1.165, 1.54) is 29.8 Å². The summed E-state index contributed by atoms with van der Waals surface area (Å²) in [7, 11) is 0. The smallest absolute Gasteiger partial charge is 0.0994 e. The number of aryl methyl sites for hydroxylation is 1. The minimum absolute atomic E-state index is 0.618. The highest BCUT2D eigenvalue weighted by Crippen LogP contribution is 2.29. The highest BCUT2D eigenvalue weighted by molar-refractivity contribution is 9.10. The molecular weight excluding hydrogens is 314 g/mol. The number of halogens is 1. The molecule has 1 N–H and O–H groups in total. The van der Waals surface area contributed by atoms with Crippen molar-refractivity contribution in [3.63, 3.8) is 0 Å². The van der Waals surface area contributed by atoms with E-state index in [4.69, 9.17) is 0 Å². The molecule has 0 radical (unpaired) electrons. The van der Waals surface area contributed by atoms with Crippen molar-refractivity contribution in [1.82, 2.24) is 14.9 Å². The van der Waals surface area contributed by atoms with E-state index in [9.17, 15) is 0 Å². The number of benzene rings is 1. The first-order chi connectivity index (χ1) is 9.79. The Morgan fingerprint density at radius 2 is 2.15 bits per heavy atom. The predicted octanol–water partition coefficient (Wildman–Crippen LogP) is 3.66. The molecule has 0 atom stereocenters. The van der Waals surface area contributed by atoms with E-state index in [1.807, 2.05) is 12.5 Å². The molecule has 3 nitrogen and oxygen atoms in total. The molecule has 1 saturated heterocycles. The Hall–Kier alpha value is -1.13. The molecule has 4 heteroatoms. The Labute approximate surface area is 128 Å². The monoisotopic (exact) mass is 333 g/mol. The minimum Gasteiger partial charge on any atom is -0.317 e. The molecular formula is C16H20BrN3. The number of nitrogens with zero attached hydrogens (tertiary/aromatic N) is 2. The summed E-state index contributed by atoms with van der Waals surface area (Å²) in [6.45, 7) is 4.42. The SMILES string of the molecule is CCc1cc(Br)ccc1-n1cncc1C1CCNCC1. The molecule has 20 heavy (non-hydrogen) atoms. The molecule has 1 aliphatic rings. The third kappa shape index (κ3) is 2.67. The lowest BCUT2D eigenvalue weighted by atomic mass is 9.94. The second-order valence-electron chi connectivity index (χ2n) is 5.34. The summed E-state index contributed by atoms with van der Waals surface area (Å²) in [6, 6.07) is 6.51. The van der Waals surface area contributed by atoms with Gasteiger partial charge in [0.2, 0.25) is 0 Å². The van der Waals surface area contributed by atoms with Gasteiger partial charge in [-0.25, -0.2) is 4.98 Å². The third-order valence-corrected chi connectivity index (χ3v) is 4.60. The van der Waals surface area contributed by atoms with Crippen LogP contribution in [-0.4, -0.2) is 22.6 Å². The standard InChI is InChI=1S/C16H20BrN3/c1-2-12-9-14(17)3-4-15(12)20-11-19-10-16(20)13-5-7-18-8-6-13/h3-4,9-11,13,18H,2,5-8H2,1H3. The van der Waals surface area contributed by atoms with Gasteiger partial charge in [0.25, 0.3) is 0 Å². The van der Waals surface area contributed by atoms with Crippen LogP contribution in [0.25, 0.3) is 5.69 Å². The molecule has 2 heterocycles. The van der Waals surface area contributed by atoms with Crippen molar-refractivity contribution >= 4 is 15.9 Å². The van der Waals surface area contributed by atoms with E-state index in [0.717, 1.165) is 24.0 Å². The van der Waals surface area contributed by atoms with Gasteiger partial charge in [0.1, 0.15) is 0 Å². The van der Waals surface area contributed by atoms with Crippen molar-refractivity contribution < 1.29 is 0 Å². The lowest BCUT2D eigenvalue weighted by Gasteiger charge is -2.24. The van der Waals surface area contributed by atoms with E-state index in [2.05, 4.69) is 55.9 Å². The Bertz CT molecular complexity index is 585. The van der Waals surface area contributed by atoms with Crippen molar-refractivity contribution in [2.24, 2.45) is 0 Å². The summed E-state index contributed by atoms with van der Waals surface area (Å²) in [5.41, 5.74) is 3.97. The highest BCUT2D eigenvalue weighted by Gasteiger charge is 2.20. The molecule has 1 fully saturated rings. The molecule has 106 valence electrons. The van der Waals surface area contributed by atoms with Gasteiger partial charge in [-0.05, 0) is 56.1 Å². The van der Waals surface area contributed by atoms with Crippen LogP contribution in [0.15, 0.2) is 35.2 Å². The molecule has 1 aromatic carbocycles. The zero-order valence-corrected chi connectivity index (χ0v) is 13.4. The van der Waals surface area contributed by atoms with Crippen LogP contribution in [0.2, 0.25) is 0 Å². The van der Waals surface area contributed by atoms with Crippen LogP contribution in [0.5, 0.6) is 0 Å². The summed E-state index contributed by atoms with van der Waals surface area (Å²) in [6.07, 6.45) is 7.42. The molecule has 2 aromatic rings. The lowest BCUT2D eigenvalue weighted by molar-refractivity contribution is 0.449. The van der Waals surface area contributed by atoms with E-state index >= 15 is 0 Å². The van der Waals surface area contributed by atoms with E-state index in [-0.39, 0.29) is 0 Å². The Morgan fingerprint density at radius 1 is 1.35 bits per heavy atom. The van der Waals surface area contributed by atoms with Gasteiger partial charge in [-0.2, -0.15) is 0 Å². The average Bonchev–Trinajstić information content (AvgIpc) is 2.97. The number of rotatable bonds is 3. The highest BCUT2D eigenvalue weighted by atomic mass is 79.9. The fourth-order valence-electron chi connectivity index (χ4n) is 3.00. The zero-order valence-electron chi connectivity index (χ0n) is 11.8. The largest absolute Gasteiger partial charge is 0.317 e.